The van der Waals surface area contributed by atoms with Crippen molar-refractivity contribution in [3.63, 3.8) is 0 Å². The monoisotopic (exact) mass is 344 g/mol. The van der Waals surface area contributed by atoms with Gasteiger partial charge in [-0.25, -0.2) is 9.37 Å². The van der Waals surface area contributed by atoms with Crippen molar-refractivity contribution >= 4 is 11.0 Å². The highest BCUT2D eigenvalue weighted by molar-refractivity contribution is 5.90. The minimum atomic E-state index is -0.406. The number of piperidine rings is 1. The molecule has 2 aromatic heterocycles. The van der Waals surface area contributed by atoms with Gasteiger partial charge >= 0.3 is 0 Å². The van der Waals surface area contributed by atoms with E-state index in [0.29, 0.717) is 29.7 Å². The number of benzene rings is 1. The van der Waals surface area contributed by atoms with Crippen LogP contribution in [0.2, 0.25) is 0 Å². The minimum absolute atomic E-state index is 0.241. The summed E-state index contributed by atoms with van der Waals surface area (Å²) < 4.78 is 19.7. The fourth-order valence-electron chi connectivity index (χ4n) is 3.28. The first kappa shape index (κ1) is 16.2. The van der Waals surface area contributed by atoms with Crippen molar-refractivity contribution in [2.24, 2.45) is 5.73 Å². The van der Waals surface area contributed by atoms with Crippen LogP contribution in [0.1, 0.15) is 24.6 Å². The molecule has 132 valence electrons. The van der Waals surface area contributed by atoms with Gasteiger partial charge in [-0.3, -0.25) is 0 Å². The van der Waals surface area contributed by atoms with Crippen molar-refractivity contribution in [1.82, 2.24) is 25.0 Å². The van der Waals surface area contributed by atoms with Crippen molar-refractivity contribution in [2.45, 2.75) is 32.2 Å². The maximum Gasteiger partial charge on any atom is 0.228 e. The Morgan fingerprint density at radius 1 is 1.32 bits per heavy atom. The summed E-state index contributed by atoms with van der Waals surface area (Å²) >= 11 is 0. The molecule has 1 aromatic carbocycles. The van der Waals surface area contributed by atoms with E-state index in [0.717, 1.165) is 38.0 Å². The average Bonchev–Trinajstić information content (AvgIpc) is 3.20. The number of nitrogens with one attached hydrogen (secondary N) is 1. The van der Waals surface area contributed by atoms with Crippen molar-refractivity contribution < 1.29 is 8.91 Å². The van der Waals surface area contributed by atoms with Gasteiger partial charge in [-0.15, -0.1) is 0 Å². The third kappa shape index (κ3) is 3.27. The van der Waals surface area contributed by atoms with E-state index in [2.05, 4.69) is 25.0 Å². The summed E-state index contributed by atoms with van der Waals surface area (Å²) in [5.41, 5.74) is 7.48. The number of halogens is 1. The number of nitrogens with zero attached hydrogens (tertiary/aromatic N) is 4. The molecule has 0 aliphatic carbocycles. The van der Waals surface area contributed by atoms with E-state index in [-0.39, 0.29) is 11.4 Å². The number of aryl methyl sites for hydroxylation is 1. The van der Waals surface area contributed by atoms with Gasteiger partial charge in [0.25, 0.3) is 0 Å². The smallest absolute Gasteiger partial charge is 0.228 e. The molecule has 0 saturated carbocycles. The lowest BCUT2D eigenvalue weighted by molar-refractivity contribution is 0.208. The van der Waals surface area contributed by atoms with Gasteiger partial charge in [0.15, 0.2) is 0 Å². The van der Waals surface area contributed by atoms with E-state index in [1.165, 1.54) is 6.07 Å². The van der Waals surface area contributed by atoms with Crippen LogP contribution >= 0.6 is 0 Å². The van der Waals surface area contributed by atoms with E-state index < -0.39 is 5.82 Å². The standard InChI is InChI=1S/C17H21FN6O/c1-10-20-13-3-2-12(18)15(16(13)21-10)17-22-14(25-23-17)6-9-24-7-4-11(19)5-8-24/h2-3,11H,4-9,19H2,1H3,(H,20,21). The molecule has 3 N–H and O–H groups in total. The number of imidazole rings is 1. The van der Waals surface area contributed by atoms with Gasteiger partial charge in [-0.1, -0.05) is 5.16 Å². The zero-order chi connectivity index (χ0) is 17.4. The molecular weight excluding hydrogens is 323 g/mol. The molecule has 1 aliphatic heterocycles. The second-order valence-corrected chi connectivity index (χ2v) is 6.58. The van der Waals surface area contributed by atoms with Crippen LogP contribution in [-0.2, 0) is 6.42 Å². The molecule has 25 heavy (non-hydrogen) atoms. The van der Waals surface area contributed by atoms with Crippen molar-refractivity contribution in [1.29, 1.82) is 0 Å². The molecule has 0 radical (unpaired) electrons. The van der Waals surface area contributed by atoms with Gasteiger partial charge in [-0.05, 0) is 45.0 Å². The molecule has 8 heteroatoms. The SMILES string of the molecule is Cc1nc2c(-c3noc(CCN4CCC(N)CC4)n3)c(F)ccc2[nH]1. The summed E-state index contributed by atoms with van der Waals surface area (Å²) in [5, 5.41) is 3.96. The molecule has 4 rings (SSSR count). The number of rotatable bonds is 4. The quantitative estimate of drug-likeness (QED) is 0.752. The Labute approximate surface area is 144 Å². The molecule has 3 heterocycles. The number of H-pyrrole nitrogens is 1. The highest BCUT2D eigenvalue weighted by Crippen LogP contribution is 2.28. The van der Waals surface area contributed by atoms with Crippen LogP contribution in [0.4, 0.5) is 4.39 Å². The normalized spacial score (nSPS) is 16.8. The van der Waals surface area contributed by atoms with Crippen molar-refractivity contribution in [2.75, 3.05) is 19.6 Å². The topological polar surface area (TPSA) is 96.9 Å². The van der Waals surface area contributed by atoms with Crippen LogP contribution in [0.15, 0.2) is 16.7 Å². The Hall–Kier alpha value is -2.32. The molecule has 0 unspecified atom stereocenters. The van der Waals surface area contributed by atoms with Crippen LogP contribution in [0.3, 0.4) is 0 Å². The molecule has 0 bridgehead atoms. The van der Waals surface area contributed by atoms with Crippen LogP contribution < -0.4 is 5.73 Å². The molecular formula is C17H21FN6O. The number of hydrogen-bond acceptors (Lipinski definition) is 6. The van der Waals surface area contributed by atoms with Crippen LogP contribution in [0.25, 0.3) is 22.4 Å². The predicted octanol–water partition coefficient (Wildman–Crippen LogP) is 2.03. The Kier molecular flexibility index (Phi) is 4.22. The first-order valence-corrected chi connectivity index (χ1v) is 8.56. The molecule has 0 amide bonds. The molecule has 7 nitrogen and oxygen atoms in total. The summed E-state index contributed by atoms with van der Waals surface area (Å²) in [5.74, 6) is 1.06. The van der Waals surface area contributed by atoms with Crippen molar-refractivity contribution in [3.05, 3.63) is 29.7 Å². The van der Waals surface area contributed by atoms with Gasteiger partial charge in [-0.2, -0.15) is 4.98 Å². The summed E-state index contributed by atoms with van der Waals surface area (Å²) in [4.78, 5) is 14.2. The fourth-order valence-corrected chi connectivity index (χ4v) is 3.28. The van der Waals surface area contributed by atoms with Crippen molar-refractivity contribution in [3.8, 4) is 11.4 Å². The summed E-state index contributed by atoms with van der Waals surface area (Å²) in [6.07, 6.45) is 2.67. The largest absolute Gasteiger partial charge is 0.342 e. The van der Waals surface area contributed by atoms with Gasteiger partial charge < -0.3 is 20.1 Å². The lowest BCUT2D eigenvalue weighted by atomic mass is 10.1. The number of aromatic nitrogens is 4. The molecule has 1 aliphatic rings. The zero-order valence-corrected chi connectivity index (χ0v) is 14.1. The number of aromatic amines is 1. The predicted molar refractivity (Wildman–Crippen MR) is 91.4 cm³/mol. The molecule has 0 atom stereocenters. The highest BCUT2D eigenvalue weighted by atomic mass is 19.1. The highest BCUT2D eigenvalue weighted by Gasteiger charge is 2.20. The van der Waals surface area contributed by atoms with Crippen LogP contribution in [-0.4, -0.2) is 50.7 Å². The lowest BCUT2D eigenvalue weighted by Crippen LogP contribution is -2.40. The Balaban J connectivity index is 1.52. The molecule has 3 aromatic rings. The van der Waals surface area contributed by atoms with E-state index >= 15 is 0 Å². The first-order valence-electron chi connectivity index (χ1n) is 8.56. The molecule has 1 fully saturated rings. The summed E-state index contributed by atoms with van der Waals surface area (Å²) in [6, 6.07) is 3.37. The third-order valence-corrected chi connectivity index (χ3v) is 4.69. The van der Waals surface area contributed by atoms with Gasteiger partial charge in [0.1, 0.15) is 17.2 Å². The maximum absolute atomic E-state index is 14.3. The average molecular weight is 344 g/mol. The number of hydrogen-bond donors (Lipinski definition) is 2. The Bertz CT molecular complexity index is 881. The minimum Gasteiger partial charge on any atom is -0.342 e. The van der Waals surface area contributed by atoms with E-state index in [1.807, 2.05) is 6.92 Å². The number of likely N-dealkylation sites (tertiary alicyclic amines) is 1. The van der Waals surface area contributed by atoms with Gasteiger partial charge in [0.05, 0.1) is 11.1 Å². The van der Waals surface area contributed by atoms with Crippen LogP contribution in [0, 0.1) is 12.7 Å². The summed E-state index contributed by atoms with van der Waals surface area (Å²) in [6.45, 7) is 4.64. The Morgan fingerprint density at radius 2 is 2.12 bits per heavy atom. The first-order chi connectivity index (χ1) is 12.1. The lowest BCUT2D eigenvalue weighted by Gasteiger charge is -2.29. The van der Waals surface area contributed by atoms with E-state index in [9.17, 15) is 4.39 Å². The second-order valence-electron chi connectivity index (χ2n) is 6.58. The second kappa shape index (κ2) is 6.53. The number of nitrogens with two attached hydrogens (primary N) is 1. The number of fused-ring (bicyclic) bond motifs is 1. The Morgan fingerprint density at radius 3 is 2.92 bits per heavy atom. The van der Waals surface area contributed by atoms with Crippen LogP contribution in [0.5, 0.6) is 0 Å². The maximum atomic E-state index is 14.3. The molecule has 0 spiro atoms. The van der Waals surface area contributed by atoms with Gasteiger partial charge in [0, 0.05) is 19.0 Å². The summed E-state index contributed by atoms with van der Waals surface area (Å²) in [7, 11) is 0. The van der Waals surface area contributed by atoms with E-state index in [4.69, 9.17) is 10.3 Å². The zero-order valence-electron chi connectivity index (χ0n) is 14.1. The molecule has 1 saturated heterocycles. The fraction of sp³-hybridized carbons (Fsp3) is 0.471. The third-order valence-electron chi connectivity index (χ3n) is 4.69. The van der Waals surface area contributed by atoms with E-state index in [1.54, 1.807) is 6.07 Å². The van der Waals surface area contributed by atoms with Gasteiger partial charge in [0.2, 0.25) is 11.7 Å².